The van der Waals surface area contributed by atoms with E-state index in [9.17, 15) is 13.6 Å². The number of piperidine rings is 1. The van der Waals surface area contributed by atoms with E-state index in [1.54, 1.807) is 6.20 Å². The number of anilines is 1. The zero-order valence-electron chi connectivity index (χ0n) is 20.4. The molecule has 1 N–H and O–H groups in total. The quantitative estimate of drug-likeness (QED) is 0.589. The number of rotatable bonds is 4. The van der Waals surface area contributed by atoms with Crippen LogP contribution in [0.5, 0.6) is 0 Å². The lowest BCUT2D eigenvalue weighted by molar-refractivity contribution is 0.0932. The van der Waals surface area contributed by atoms with Crippen LogP contribution in [0.4, 0.5) is 18.9 Å². The van der Waals surface area contributed by atoms with Crippen LogP contribution in [0.3, 0.4) is 0 Å². The van der Waals surface area contributed by atoms with Crippen LogP contribution in [0.2, 0.25) is 0 Å². The van der Waals surface area contributed by atoms with Crippen LogP contribution < -0.4 is 10.2 Å². The Morgan fingerprint density at radius 1 is 1.03 bits per heavy atom. The van der Waals surface area contributed by atoms with E-state index in [0.29, 0.717) is 53.0 Å². The molecule has 4 aliphatic carbocycles. The number of nitrogens with zero attached hydrogens (tertiary/aromatic N) is 2. The van der Waals surface area contributed by atoms with Crippen molar-refractivity contribution in [3.05, 3.63) is 57.7 Å². The summed E-state index contributed by atoms with van der Waals surface area (Å²) in [5, 5.41) is 3.04. The average molecular weight is 496 g/mol. The summed E-state index contributed by atoms with van der Waals surface area (Å²) in [7, 11) is 0. The second-order valence-electron chi connectivity index (χ2n) is 11.8. The predicted octanol–water partition coefficient (Wildman–Crippen LogP) is 5.73. The molecule has 1 amide bonds. The summed E-state index contributed by atoms with van der Waals surface area (Å²) in [6.07, 6.45) is 6.89. The van der Waals surface area contributed by atoms with Crippen molar-refractivity contribution in [2.45, 2.75) is 76.2 Å². The minimum atomic E-state index is -2.65. The number of amides is 1. The molecule has 3 fully saturated rings. The third-order valence-electron chi connectivity index (χ3n) is 9.55. The topological polar surface area (TPSA) is 45.2 Å². The number of fused-ring (bicyclic) bond motifs is 6. The molecule has 0 spiro atoms. The number of benzene rings is 1. The second kappa shape index (κ2) is 8.49. The number of halogens is 3. The molecule has 190 valence electrons. The Bertz CT molecular complexity index is 1220. The highest BCUT2D eigenvalue weighted by molar-refractivity contribution is 5.94. The molecule has 0 radical (unpaired) electrons. The minimum Gasteiger partial charge on any atom is -0.370 e. The summed E-state index contributed by atoms with van der Waals surface area (Å²) in [6.45, 7) is 1.48. The number of alkyl halides is 2. The number of nitrogens with one attached hydrogen (secondary N) is 1. The lowest BCUT2D eigenvalue weighted by atomic mass is 9.83. The van der Waals surface area contributed by atoms with Crippen molar-refractivity contribution in [1.29, 1.82) is 0 Å². The first kappa shape index (κ1) is 22.6. The van der Waals surface area contributed by atoms with Gasteiger partial charge in [0, 0.05) is 42.3 Å². The number of hydrogen-bond donors (Lipinski definition) is 1. The maximum atomic E-state index is 15.4. The van der Waals surface area contributed by atoms with Crippen molar-refractivity contribution < 1.29 is 18.0 Å². The summed E-state index contributed by atoms with van der Waals surface area (Å²) >= 11 is 0. The summed E-state index contributed by atoms with van der Waals surface area (Å²) in [5.41, 5.74) is 4.05. The molecule has 1 aromatic carbocycles. The summed E-state index contributed by atoms with van der Waals surface area (Å²) < 4.78 is 44.2. The monoisotopic (exact) mass is 495 g/mol. The Hall–Kier alpha value is -2.57. The van der Waals surface area contributed by atoms with Gasteiger partial charge in [0.2, 0.25) is 0 Å². The van der Waals surface area contributed by atoms with Crippen molar-refractivity contribution >= 4 is 11.6 Å². The van der Waals surface area contributed by atoms with Gasteiger partial charge in [-0.15, -0.1) is 0 Å². The molecule has 5 aliphatic rings. The third-order valence-corrected chi connectivity index (χ3v) is 9.55. The largest absolute Gasteiger partial charge is 0.370 e. The van der Waals surface area contributed by atoms with E-state index in [-0.39, 0.29) is 23.9 Å². The predicted molar refractivity (Wildman–Crippen MR) is 131 cm³/mol. The smallest absolute Gasteiger partial charge is 0.266 e. The average Bonchev–Trinajstić information content (AvgIpc) is 3.60. The van der Waals surface area contributed by atoms with Gasteiger partial charge < -0.3 is 10.2 Å². The van der Waals surface area contributed by atoms with Crippen molar-refractivity contribution in [3.8, 4) is 0 Å². The van der Waals surface area contributed by atoms with Gasteiger partial charge in [0.1, 0.15) is 5.82 Å². The van der Waals surface area contributed by atoms with Gasteiger partial charge in [-0.2, -0.15) is 0 Å². The lowest BCUT2D eigenvalue weighted by Gasteiger charge is -2.37. The van der Waals surface area contributed by atoms with Gasteiger partial charge in [-0.1, -0.05) is 0 Å². The Morgan fingerprint density at radius 2 is 1.83 bits per heavy atom. The molecule has 1 saturated heterocycles. The van der Waals surface area contributed by atoms with E-state index in [2.05, 4.69) is 10.3 Å². The normalized spacial score (nSPS) is 30.0. The Kier molecular flexibility index (Phi) is 5.33. The molecule has 4 nitrogen and oxygen atoms in total. The highest BCUT2D eigenvalue weighted by atomic mass is 19.3. The lowest BCUT2D eigenvalue weighted by Crippen LogP contribution is -2.40. The van der Waals surface area contributed by atoms with Gasteiger partial charge in [-0.3, -0.25) is 9.78 Å². The Labute approximate surface area is 209 Å². The highest BCUT2D eigenvalue weighted by Crippen LogP contribution is 2.54. The van der Waals surface area contributed by atoms with Gasteiger partial charge in [-0.25, -0.2) is 13.2 Å². The zero-order chi connectivity index (χ0) is 24.6. The van der Waals surface area contributed by atoms with Crippen LogP contribution in [0.15, 0.2) is 18.3 Å². The SMILES string of the molecule is O=C(N[C@@H]1CCc2c(c(F)cc(N3CC4CCC(C4)C3)c2C(F)F)C1)c1cnc2c(c1)[C@@H]1C[C@@H]1CC2. The Morgan fingerprint density at radius 3 is 2.61 bits per heavy atom. The number of aromatic nitrogens is 1. The fourth-order valence-corrected chi connectivity index (χ4v) is 7.66. The van der Waals surface area contributed by atoms with Crippen molar-refractivity contribution in [2.75, 3.05) is 18.0 Å². The maximum Gasteiger partial charge on any atom is 0.266 e. The van der Waals surface area contributed by atoms with E-state index >= 15 is 4.39 Å². The highest BCUT2D eigenvalue weighted by Gasteiger charge is 2.43. The van der Waals surface area contributed by atoms with Gasteiger partial charge in [0.25, 0.3) is 12.3 Å². The molecule has 7 heteroatoms. The summed E-state index contributed by atoms with van der Waals surface area (Å²) in [5.74, 6) is 1.70. The van der Waals surface area contributed by atoms with E-state index in [4.69, 9.17) is 0 Å². The van der Waals surface area contributed by atoms with E-state index in [0.717, 1.165) is 50.4 Å². The second-order valence-corrected chi connectivity index (χ2v) is 11.8. The zero-order valence-corrected chi connectivity index (χ0v) is 20.4. The number of carbonyl (C=O) groups is 1. The van der Waals surface area contributed by atoms with Crippen LogP contribution in [-0.2, 0) is 19.3 Å². The fraction of sp³-hybridized carbons (Fsp3) is 0.586. The van der Waals surface area contributed by atoms with Crippen molar-refractivity contribution in [1.82, 2.24) is 10.3 Å². The molecule has 5 atom stereocenters. The molecule has 36 heavy (non-hydrogen) atoms. The molecule has 1 aliphatic heterocycles. The minimum absolute atomic E-state index is 0.00958. The van der Waals surface area contributed by atoms with Crippen LogP contribution in [-0.4, -0.2) is 30.0 Å². The third kappa shape index (κ3) is 3.81. The van der Waals surface area contributed by atoms with Crippen LogP contribution in [0.1, 0.15) is 89.2 Å². The number of aryl methyl sites for hydroxylation is 1. The molecule has 2 unspecified atom stereocenters. The van der Waals surface area contributed by atoms with Gasteiger partial charge in [-0.05, 0) is 110 Å². The summed E-state index contributed by atoms with van der Waals surface area (Å²) in [4.78, 5) is 19.6. The standard InChI is InChI=1S/C29H32F3N3O/c30-24-11-26(35-13-15-1-2-16(7-15)14-35)27(28(31)32)20-5-4-19(10-22(20)24)34-29(36)18-9-23-21-8-17(21)3-6-25(23)33-12-18/h9,11-12,15-17,19,21,28H,1-8,10,13-14H2,(H,34,36)/t15?,16?,17-,19+,21+/m0/s1. The van der Waals surface area contributed by atoms with Crippen LogP contribution in [0, 0.1) is 23.6 Å². The molecule has 2 aromatic rings. The van der Waals surface area contributed by atoms with Crippen LogP contribution in [0.25, 0.3) is 0 Å². The molecular weight excluding hydrogens is 463 g/mol. The number of pyridine rings is 1. The molecule has 2 heterocycles. The molecule has 7 rings (SSSR count). The number of hydrogen-bond acceptors (Lipinski definition) is 3. The van der Waals surface area contributed by atoms with E-state index < -0.39 is 12.2 Å². The molecule has 2 bridgehead atoms. The first-order valence-electron chi connectivity index (χ1n) is 13.6. The fourth-order valence-electron chi connectivity index (χ4n) is 7.66. The number of carbonyl (C=O) groups excluding carboxylic acids is 1. The first-order valence-corrected chi connectivity index (χ1v) is 13.6. The van der Waals surface area contributed by atoms with E-state index in [1.807, 2.05) is 11.0 Å². The van der Waals surface area contributed by atoms with Crippen molar-refractivity contribution in [3.63, 3.8) is 0 Å². The Balaban J connectivity index is 1.12. The van der Waals surface area contributed by atoms with Gasteiger partial charge in [0.15, 0.2) is 0 Å². The molecule has 1 aromatic heterocycles. The summed E-state index contributed by atoms with van der Waals surface area (Å²) in [6, 6.07) is 3.03. The van der Waals surface area contributed by atoms with E-state index in [1.165, 1.54) is 24.5 Å². The first-order chi connectivity index (χ1) is 17.4. The van der Waals surface area contributed by atoms with Gasteiger partial charge in [0.05, 0.1) is 5.56 Å². The van der Waals surface area contributed by atoms with Crippen molar-refractivity contribution in [2.24, 2.45) is 17.8 Å². The van der Waals surface area contributed by atoms with Crippen LogP contribution >= 0.6 is 0 Å². The molecule has 2 saturated carbocycles. The maximum absolute atomic E-state index is 15.4. The molecular formula is C29H32F3N3O. The van der Waals surface area contributed by atoms with Gasteiger partial charge >= 0.3 is 0 Å².